The van der Waals surface area contributed by atoms with Gasteiger partial charge in [-0.25, -0.2) is 9.18 Å². The van der Waals surface area contributed by atoms with Crippen LogP contribution < -0.4 is 5.32 Å². The average Bonchev–Trinajstić information content (AvgIpc) is 2.41. The molecule has 0 aliphatic rings. The SMILES string of the molecule is CC(Nc1ccc(C(=O)O)cc1F)c1ccccc1Cl. The average molecular weight is 294 g/mol. The van der Waals surface area contributed by atoms with E-state index < -0.39 is 11.8 Å². The van der Waals surface area contributed by atoms with Crippen molar-refractivity contribution in [3.63, 3.8) is 0 Å². The molecule has 5 heteroatoms. The standard InChI is InChI=1S/C15H13ClFNO2/c1-9(11-4-2-3-5-12(11)16)18-14-7-6-10(15(19)20)8-13(14)17/h2-9,18H,1H3,(H,19,20). The second-order valence-corrected chi connectivity index (χ2v) is 4.79. The van der Waals surface area contributed by atoms with Crippen molar-refractivity contribution in [2.45, 2.75) is 13.0 Å². The first-order valence-corrected chi connectivity index (χ1v) is 6.40. The number of carbonyl (C=O) groups is 1. The van der Waals surface area contributed by atoms with Gasteiger partial charge in [-0.3, -0.25) is 0 Å². The molecule has 0 amide bonds. The molecule has 0 saturated carbocycles. The Morgan fingerprint density at radius 1 is 1.30 bits per heavy atom. The Hall–Kier alpha value is -2.07. The Morgan fingerprint density at radius 2 is 2.00 bits per heavy atom. The van der Waals surface area contributed by atoms with Crippen molar-refractivity contribution < 1.29 is 14.3 Å². The molecule has 2 aromatic carbocycles. The summed E-state index contributed by atoms with van der Waals surface area (Å²) in [6.45, 7) is 1.85. The lowest BCUT2D eigenvalue weighted by Gasteiger charge is -2.17. The van der Waals surface area contributed by atoms with Crippen LogP contribution >= 0.6 is 11.6 Å². The fourth-order valence-electron chi connectivity index (χ4n) is 1.90. The van der Waals surface area contributed by atoms with Crippen molar-refractivity contribution in [2.75, 3.05) is 5.32 Å². The van der Waals surface area contributed by atoms with Gasteiger partial charge in [0.1, 0.15) is 5.82 Å². The number of rotatable bonds is 4. The van der Waals surface area contributed by atoms with Gasteiger partial charge in [0.2, 0.25) is 0 Å². The molecule has 1 unspecified atom stereocenters. The van der Waals surface area contributed by atoms with Crippen LogP contribution in [0.15, 0.2) is 42.5 Å². The third-order valence-corrected chi connectivity index (χ3v) is 3.30. The van der Waals surface area contributed by atoms with Crippen molar-refractivity contribution >= 4 is 23.3 Å². The number of nitrogens with one attached hydrogen (secondary N) is 1. The molecule has 0 saturated heterocycles. The zero-order chi connectivity index (χ0) is 14.7. The van der Waals surface area contributed by atoms with E-state index in [9.17, 15) is 9.18 Å². The van der Waals surface area contributed by atoms with Crippen LogP contribution in [0.4, 0.5) is 10.1 Å². The van der Waals surface area contributed by atoms with Crippen LogP contribution in [0.25, 0.3) is 0 Å². The fourth-order valence-corrected chi connectivity index (χ4v) is 2.20. The van der Waals surface area contributed by atoms with Crippen LogP contribution in [0, 0.1) is 5.82 Å². The number of aromatic carboxylic acids is 1. The Morgan fingerprint density at radius 3 is 2.60 bits per heavy atom. The minimum Gasteiger partial charge on any atom is -0.478 e. The van der Waals surface area contributed by atoms with E-state index in [1.807, 2.05) is 25.1 Å². The van der Waals surface area contributed by atoms with E-state index in [0.29, 0.717) is 5.02 Å². The highest BCUT2D eigenvalue weighted by Crippen LogP contribution is 2.27. The van der Waals surface area contributed by atoms with Crippen LogP contribution in [-0.2, 0) is 0 Å². The summed E-state index contributed by atoms with van der Waals surface area (Å²) >= 11 is 6.08. The number of benzene rings is 2. The number of hydrogen-bond donors (Lipinski definition) is 2. The maximum absolute atomic E-state index is 13.8. The molecule has 0 aliphatic carbocycles. The van der Waals surface area contributed by atoms with Gasteiger partial charge in [0, 0.05) is 5.02 Å². The molecule has 0 radical (unpaired) electrons. The molecule has 2 rings (SSSR count). The molecule has 20 heavy (non-hydrogen) atoms. The van der Waals surface area contributed by atoms with Crippen molar-refractivity contribution in [3.05, 3.63) is 64.4 Å². The predicted molar refractivity (Wildman–Crippen MR) is 76.8 cm³/mol. The summed E-state index contributed by atoms with van der Waals surface area (Å²) in [7, 11) is 0. The molecule has 0 spiro atoms. The zero-order valence-corrected chi connectivity index (χ0v) is 11.5. The lowest BCUT2D eigenvalue weighted by Crippen LogP contribution is -2.09. The van der Waals surface area contributed by atoms with Gasteiger partial charge in [-0.2, -0.15) is 0 Å². The quantitative estimate of drug-likeness (QED) is 0.881. The molecular formula is C15H13ClFNO2. The van der Waals surface area contributed by atoms with Crippen LogP contribution in [0.3, 0.4) is 0 Å². The van der Waals surface area contributed by atoms with E-state index in [-0.39, 0.29) is 17.3 Å². The number of halogens is 2. The van der Waals surface area contributed by atoms with Gasteiger partial charge in [0.25, 0.3) is 0 Å². The maximum Gasteiger partial charge on any atom is 0.335 e. The van der Waals surface area contributed by atoms with E-state index >= 15 is 0 Å². The van der Waals surface area contributed by atoms with E-state index in [4.69, 9.17) is 16.7 Å². The predicted octanol–water partition coefficient (Wildman–Crippen LogP) is 4.35. The molecule has 2 aromatic rings. The summed E-state index contributed by atoms with van der Waals surface area (Å²) in [5.74, 6) is -1.77. The third kappa shape index (κ3) is 3.08. The zero-order valence-electron chi connectivity index (χ0n) is 10.7. The minimum absolute atomic E-state index is 0.0848. The third-order valence-electron chi connectivity index (χ3n) is 2.96. The summed E-state index contributed by atoms with van der Waals surface area (Å²) in [4.78, 5) is 10.7. The van der Waals surface area contributed by atoms with Crippen molar-refractivity contribution in [3.8, 4) is 0 Å². The second-order valence-electron chi connectivity index (χ2n) is 4.39. The van der Waals surface area contributed by atoms with Gasteiger partial charge < -0.3 is 10.4 Å². The Kier molecular flexibility index (Phi) is 4.25. The van der Waals surface area contributed by atoms with Crippen LogP contribution in [-0.4, -0.2) is 11.1 Å². The molecule has 3 nitrogen and oxygen atoms in total. The first kappa shape index (κ1) is 14.3. The molecule has 0 bridgehead atoms. The van der Waals surface area contributed by atoms with Crippen molar-refractivity contribution in [1.29, 1.82) is 0 Å². The largest absolute Gasteiger partial charge is 0.478 e. The maximum atomic E-state index is 13.8. The summed E-state index contributed by atoms with van der Waals surface area (Å²) in [5, 5.41) is 12.4. The molecule has 0 aromatic heterocycles. The van der Waals surface area contributed by atoms with Crippen LogP contribution in [0.5, 0.6) is 0 Å². The highest BCUT2D eigenvalue weighted by Gasteiger charge is 2.13. The first-order valence-electron chi connectivity index (χ1n) is 6.03. The Labute approximate surface area is 121 Å². The lowest BCUT2D eigenvalue weighted by atomic mass is 10.1. The molecule has 2 N–H and O–H groups in total. The second kappa shape index (κ2) is 5.92. The lowest BCUT2D eigenvalue weighted by molar-refractivity contribution is 0.0696. The molecule has 0 fully saturated rings. The molecular weight excluding hydrogens is 281 g/mol. The van der Waals surface area contributed by atoms with Crippen molar-refractivity contribution in [2.24, 2.45) is 0 Å². The van der Waals surface area contributed by atoms with Gasteiger partial charge in [0.05, 0.1) is 17.3 Å². The summed E-state index contributed by atoms with van der Waals surface area (Å²) in [5.41, 5.74) is 0.997. The molecule has 0 heterocycles. The number of carboxylic acids is 1. The van der Waals surface area contributed by atoms with Gasteiger partial charge in [0.15, 0.2) is 0 Å². The van der Waals surface area contributed by atoms with Gasteiger partial charge >= 0.3 is 5.97 Å². The number of hydrogen-bond acceptors (Lipinski definition) is 2. The van der Waals surface area contributed by atoms with E-state index in [1.165, 1.54) is 12.1 Å². The summed E-state index contributed by atoms with van der Waals surface area (Å²) in [6, 6.07) is 10.8. The highest BCUT2D eigenvalue weighted by molar-refractivity contribution is 6.31. The molecule has 0 aliphatic heterocycles. The minimum atomic E-state index is -1.16. The monoisotopic (exact) mass is 293 g/mol. The molecule has 1 atom stereocenters. The van der Waals surface area contributed by atoms with Crippen LogP contribution in [0.2, 0.25) is 5.02 Å². The number of anilines is 1. The van der Waals surface area contributed by atoms with Gasteiger partial charge in [-0.1, -0.05) is 29.8 Å². The first-order chi connectivity index (χ1) is 9.49. The van der Waals surface area contributed by atoms with Gasteiger partial charge in [-0.05, 0) is 36.8 Å². The Balaban J connectivity index is 2.22. The topological polar surface area (TPSA) is 49.3 Å². The molecule has 104 valence electrons. The Bertz CT molecular complexity index is 646. The van der Waals surface area contributed by atoms with Crippen LogP contribution in [0.1, 0.15) is 28.9 Å². The smallest absolute Gasteiger partial charge is 0.335 e. The number of carboxylic acid groups (broad SMARTS) is 1. The highest BCUT2D eigenvalue weighted by atomic mass is 35.5. The van der Waals surface area contributed by atoms with E-state index in [0.717, 1.165) is 11.6 Å². The summed E-state index contributed by atoms with van der Waals surface area (Å²) < 4.78 is 13.8. The normalized spacial score (nSPS) is 11.9. The van der Waals surface area contributed by atoms with E-state index in [2.05, 4.69) is 5.32 Å². The van der Waals surface area contributed by atoms with Gasteiger partial charge in [-0.15, -0.1) is 0 Å². The fraction of sp³-hybridized carbons (Fsp3) is 0.133. The summed E-state index contributed by atoms with van der Waals surface area (Å²) in [6.07, 6.45) is 0. The van der Waals surface area contributed by atoms with E-state index in [1.54, 1.807) is 6.07 Å². The van der Waals surface area contributed by atoms with Crippen molar-refractivity contribution in [1.82, 2.24) is 0 Å².